The van der Waals surface area contributed by atoms with Crippen molar-refractivity contribution in [2.75, 3.05) is 0 Å². The molecule has 15 heavy (non-hydrogen) atoms. The standard InChI is InChI=1S/C11H12N2.C2H6/c1-9-4-3-5-10(8-9)11-6-7-13(2)12-11;1-2/h3-8H,1-2H3;1-2H3. The summed E-state index contributed by atoms with van der Waals surface area (Å²) in [6, 6.07) is 10.4. The van der Waals surface area contributed by atoms with Crippen LogP contribution < -0.4 is 0 Å². The lowest BCUT2D eigenvalue weighted by Crippen LogP contribution is -1.87. The van der Waals surface area contributed by atoms with E-state index >= 15 is 0 Å². The highest BCUT2D eigenvalue weighted by Gasteiger charge is 1.99. The molecule has 0 saturated carbocycles. The van der Waals surface area contributed by atoms with Crippen LogP contribution in [-0.4, -0.2) is 9.78 Å². The summed E-state index contributed by atoms with van der Waals surface area (Å²) in [6.45, 7) is 6.09. The Kier molecular flexibility index (Phi) is 4.10. The van der Waals surface area contributed by atoms with E-state index < -0.39 is 0 Å². The molecule has 0 radical (unpaired) electrons. The van der Waals surface area contributed by atoms with E-state index in [-0.39, 0.29) is 0 Å². The monoisotopic (exact) mass is 202 g/mol. The number of benzene rings is 1. The van der Waals surface area contributed by atoms with Crippen molar-refractivity contribution < 1.29 is 0 Å². The molecule has 1 aromatic heterocycles. The lowest BCUT2D eigenvalue weighted by atomic mass is 10.1. The van der Waals surface area contributed by atoms with E-state index in [4.69, 9.17) is 0 Å². The summed E-state index contributed by atoms with van der Waals surface area (Å²) in [4.78, 5) is 0. The highest BCUT2D eigenvalue weighted by atomic mass is 15.2. The Hall–Kier alpha value is -1.57. The van der Waals surface area contributed by atoms with Crippen molar-refractivity contribution in [3.63, 3.8) is 0 Å². The lowest BCUT2D eigenvalue weighted by Gasteiger charge is -1.97. The van der Waals surface area contributed by atoms with Gasteiger partial charge >= 0.3 is 0 Å². The van der Waals surface area contributed by atoms with Crippen molar-refractivity contribution >= 4 is 0 Å². The highest BCUT2D eigenvalue weighted by molar-refractivity contribution is 5.59. The van der Waals surface area contributed by atoms with Crippen LogP contribution in [0.25, 0.3) is 11.3 Å². The van der Waals surface area contributed by atoms with Gasteiger partial charge in [-0.3, -0.25) is 4.68 Å². The van der Waals surface area contributed by atoms with Crippen LogP contribution in [0, 0.1) is 6.92 Å². The third-order valence-electron chi connectivity index (χ3n) is 2.03. The van der Waals surface area contributed by atoms with Gasteiger partial charge in [-0.2, -0.15) is 5.10 Å². The highest BCUT2D eigenvalue weighted by Crippen LogP contribution is 2.17. The maximum Gasteiger partial charge on any atom is 0.0923 e. The molecule has 0 aliphatic carbocycles. The Bertz CT molecular complexity index is 416. The number of rotatable bonds is 1. The predicted octanol–water partition coefficient (Wildman–Crippen LogP) is 3.42. The molecule has 2 rings (SSSR count). The molecule has 0 amide bonds. The van der Waals surface area contributed by atoms with E-state index in [1.807, 2.05) is 37.8 Å². The Morgan fingerprint density at radius 2 is 1.87 bits per heavy atom. The van der Waals surface area contributed by atoms with Crippen LogP contribution in [0.3, 0.4) is 0 Å². The topological polar surface area (TPSA) is 17.8 Å². The maximum absolute atomic E-state index is 4.34. The molecule has 0 spiro atoms. The normalized spacial score (nSPS) is 9.33. The van der Waals surface area contributed by atoms with E-state index in [0.29, 0.717) is 0 Å². The van der Waals surface area contributed by atoms with E-state index in [0.717, 1.165) is 5.69 Å². The van der Waals surface area contributed by atoms with Crippen molar-refractivity contribution in [3.8, 4) is 11.3 Å². The zero-order chi connectivity index (χ0) is 11.3. The first-order chi connectivity index (χ1) is 7.25. The van der Waals surface area contributed by atoms with Gasteiger partial charge in [0.2, 0.25) is 0 Å². The van der Waals surface area contributed by atoms with Crippen LogP contribution in [0.15, 0.2) is 36.5 Å². The van der Waals surface area contributed by atoms with Crippen LogP contribution in [0.5, 0.6) is 0 Å². The predicted molar refractivity (Wildman–Crippen MR) is 64.7 cm³/mol. The van der Waals surface area contributed by atoms with E-state index in [9.17, 15) is 0 Å². The molecule has 1 heterocycles. The number of hydrogen-bond donors (Lipinski definition) is 0. The molecule has 1 aromatic carbocycles. The molecule has 2 heteroatoms. The molecular weight excluding hydrogens is 184 g/mol. The zero-order valence-electron chi connectivity index (χ0n) is 9.86. The third kappa shape index (κ3) is 2.94. The molecule has 2 nitrogen and oxygen atoms in total. The first kappa shape index (κ1) is 11.5. The molecule has 0 aliphatic heterocycles. The van der Waals surface area contributed by atoms with Crippen molar-refractivity contribution in [1.29, 1.82) is 0 Å². The molecule has 0 atom stereocenters. The summed E-state index contributed by atoms with van der Waals surface area (Å²) in [5.74, 6) is 0. The summed E-state index contributed by atoms with van der Waals surface area (Å²) in [7, 11) is 1.93. The van der Waals surface area contributed by atoms with Crippen molar-refractivity contribution in [2.24, 2.45) is 7.05 Å². The van der Waals surface area contributed by atoms with E-state index in [2.05, 4.69) is 36.3 Å². The fraction of sp³-hybridized carbons (Fsp3) is 0.308. The number of hydrogen-bond acceptors (Lipinski definition) is 1. The van der Waals surface area contributed by atoms with Crippen LogP contribution in [0.2, 0.25) is 0 Å². The second kappa shape index (κ2) is 5.35. The van der Waals surface area contributed by atoms with Gasteiger partial charge in [-0.25, -0.2) is 0 Å². The quantitative estimate of drug-likeness (QED) is 0.692. The van der Waals surface area contributed by atoms with Gasteiger partial charge < -0.3 is 0 Å². The SMILES string of the molecule is CC.Cc1cccc(-c2ccn(C)n2)c1. The molecule has 2 aromatic rings. The van der Waals surface area contributed by atoms with Crippen molar-refractivity contribution in [3.05, 3.63) is 42.1 Å². The van der Waals surface area contributed by atoms with Gasteiger partial charge in [0.15, 0.2) is 0 Å². The smallest absolute Gasteiger partial charge is 0.0923 e. The summed E-state index contributed by atoms with van der Waals surface area (Å²) < 4.78 is 1.82. The molecule has 0 saturated heterocycles. The van der Waals surface area contributed by atoms with Gasteiger partial charge in [-0.1, -0.05) is 37.6 Å². The molecule has 0 aliphatic rings. The first-order valence-corrected chi connectivity index (χ1v) is 5.32. The Labute approximate surface area is 91.6 Å². The van der Waals surface area contributed by atoms with Crippen LogP contribution in [-0.2, 0) is 7.05 Å². The average molecular weight is 202 g/mol. The molecular formula is C13H18N2. The fourth-order valence-electron chi connectivity index (χ4n) is 1.37. The Morgan fingerprint density at radius 3 is 2.40 bits per heavy atom. The van der Waals surface area contributed by atoms with Crippen molar-refractivity contribution in [2.45, 2.75) is 20.8 Å². The summed E-state index contributed by atoms with van der Waals surface area (Å²) in [5.41, 5.74) is 3.48. The molecule has 80 valence electrons. The molecule has 0 bridgehead atoms. The number of aromatic nitrogens is 2. The molecule has 0 fully saturated rings. The molecule has 0 unspecified atom stereocenters. The molecule has 0 N–H and O–H groups in total. The lowest BCUT2D eigenvalue weighted by molar-refractivity contribution is 0.771. The second-order valence-corrected chi connectivity index (χ2v) is 3.24. The Balaban J connectivity index is 0.000000531. The first-order valence-electron chi connectivity index (χ1n) is 5.32. The van der Waals surface area contributed by atoms with Crippen LogP contribution >= 0.6 is 0 Å². The number of nitrogens with zero attached hydrogens (tertiary/aromatic N) is 2. The van der Waals surface area contributed by atoms with Gasteiger partial charge in [0, 0.05) is 18.8 Å². The summed E-state index contributed by atoms with van der Waals surface area (Å²) >= 11 is 0. The van der Waals surface area contributed by atoms with Crippen LogP contribution in [0.4, 0.5) is 0 Å². The van der Waals surface area contributed by atoms with Gasteiger partial charge in [0.1, 0.15) is 0 Å². The summed E-state index contributed by atoms with van der Waals surface area (Å²) in [6.07, 6.45) is 1.96. The average Bonchev–Trinajstić information content (AvgIpc) is 2.68. The van der Waals surface area contributed by atoms with Gasteiger partial charge in [0.25, 0.3) is 0 Å². The van der Waals surface area contributed by atoms with Gasteiger partial charge in [-0.15, -0.1) is 0 Å². The van der Waals surface area contributed by atoms with Crippen LogP contribution in [0.1, 0.15) is 19.4 Å². The fourth-order valence-corrected chi connectivity index (χ4v) is 1.37. The maximum atomic E-state index is 4.34. The van der Waals surface area contributed by atoms with Gasteiger partial charge in [0.05, 0.1) is 5.69 Å². The summed E-state index contributed by atoms with van der Waals surface area (Å²) in [5, 5.41) is 4.34. The number of aryl methyl sites for hydroxylation is 2. The third-order valence-corrected chi connectivity index (χ3v) is 2.03. The second-order valence-electron chi connectivity index (χ2n) is 3.24. The minimum absolute atomic E-state index is 1.03. The minimum Gasteiger partial charge on any atom is -0.275 e. The minimum atomic E-state index is 1.03. The van der Waals surface area contributed by atoms with E-state index in [1.54, 1.807) is 0 Å². The van der Waals surface area contributed by atoms with Gasteiger partial charge in [-0.05, 0) is 19.1 Å². The largest absolute Gasteiger partial charge is 0.275 e. The van der Waals surface area contributed by atoms with Crippen molar-refractivity contribution in [1.82, 2.24) is 9.78 Å². The van der Waals surface area contributed by atoms with E-state index in [1.165, 1.54) is 11.1 Å². The zero-order valence-corrected chi connectivity index (χ0v) is 9.86. The Morgan fingerprint density at radius 1 is 1.13 bits per heavy atom.